The zero-order chi connectivity index (χ0) is 29.6. The minimum absolute atomic E-state index is 0.167. The third-order valence-corrected chi connectivity index (χ3v) is 8.18. The standard InChI is InChI=1S/C32H25Cl3N2O4S/c1-39-25-12-8-20(9-13-25)18-37-31(38)29(42-32(37)36-24-6-4-3-5-7-24)16-21-14-27(35)30(28(15-21)40-2)41-19-22-10-11-23(33)17-26(22)34/h3-17H,18-19H2,1-2H3/b29-16-,36-32?. The second-order valence-corrected chi connectivity index (χ2v) is 11.4. The number of nitrogens with zero attached hydrogens (tertiary/aromatic N) is 2. The molecule has 0 N–H and O–H groups in total. The first-order valence-electron chi connectivity index (χ1n) is 12.8. The summed E-state index contributed by atoms with van der Waals surface area (Å²) < 4.78 is 16.8. The topological polar surface area (TPSA) is 60.4 Å². The Morgan fingerprint density at radius 3 is 2.33 bits per heavy atom. The molecule has 0 bridgehead atoms. The van der Waals surface area contributed by atoms with Crippen molar-refractivity contribution in [2.75, 3.05) is 14.2 Å². The number of halogens is 3. The first-order valence-corrected chi connectivity index (χ1v) is 14.7. The number of methoxy groups -OCH3 is 2. The molecule has 214 valence electrons. The molecule has 0 spiro atoms. The lowest BCUT2D eigenvalue weighted by atomic mass is 10.1. The Morgan fingerprint density at radius 2 is 1.64 bits per heavy atom. The summed E-state index contributed by atoms with van der Waals surface area (Å²) in [7, 11) is 3.15. The van der Waals surface area contributed by atoms with Crippen molar-refractivity contribution in [3.63, 3.8) is 0 Å². The van der Waals surface area contributed by atoms with Gasteiger partial charge in [0, 0.05) is 15.6 Å². The minimum atomic E-state index is -0.168. The lowest BCUT2D eigenvalue weighted by Gasteiger charge is -2.16. The number of para-hydroxylation sites is 1. The molecule has 0 saturated carbocycles. The fourth-order valence-electron chi connectivity index (χ4n) is 4.16. The van der Waals surface area contributed by atoms with Crippen molar-refractivity contribution in [1.29, 1.82) is 0 Å². The van der Waals surface area contributed by atoms with Crippen LogP contribution in [0.3, 0.4) is 0 Å². The van der Waals surface area contributed by atoms with Crippen molar-refractivity contribution in [1.82, 2.24) is 4.90 Å². The van der Waals surface area contributed by atoms with Crippen LogP contribution >= 0.6 is 46.6 Å². The molecule has 0 aliphatic carbocycles. The molecule has 10 heteroatoms. The molecule has 42 heavy (non-hydrogen) atoms. The summed E-state index contributed by atoms with van der Waals surface area (Å²) in [6.45, 7) is 0.517. The maximum atomic E-state index is 13.7. The zero-order valence-corrected chi connectivity index (χ0v) is 25.7. The largest absolute Gasteiger partial charge is 0.497 e. The molecule has 5 rings (SSSR count). The summed E-state index contributed by atoms with van der Waals surface area (Å²) >= 11 is 20.2. The van der Waals surface area contributed by atoms with Gasteiger partial charge in [-0.2, -0.15) is 0 Å². The molecular formula is C32H25Cl3N2O4S. The SMILES string of the molecule is COc1ccc(CN2C(=O)/C(=C/c3cc(Cl)c(OCc4ccc(Cl)cc4Cl)c(OC)c3)SC2=Nc2ccccc2)cc1. The summed E-state index contributed by atoms with van der Waals surface area (Å²) in [6.07, 6.45) is 1.77. The zero-order valence-electron chi connectivity index (χ0n) is 22.6. The third kappa shape index (κ3) is 7.05. The lowest BCUT2D eigenvalue weighted by Crippen LogP contribution is -2.28. The molecule has 1 heterocycles. The number of amidine groups is 1. The number of amides is 1. The van der Waals surface area contributed by atoms with E-state index in [1.165, 1.54) is 18.9 Å². The van der Waals surface area contributed by atoms with Gasteiger partial charge in [0.1, 0.15) is 12.4 Å². The van der Waals surface area contributed by atoms with Crippen LogP contribution in [-0.4, -0.2) is 30.2 Å². The number of aliphatic imine (C=N–C) groups is 1. The van der Waals surface area contributed by atoms with Crippen molar-refractivity contribution in [3.05, 3.63) is 122 Å². The molecule has 1 saturated heterocycles. The Balaban J connectivity index is 1.43. The molecule has 1 fully saturated rings. The van der Waals surface area contributed by atoms with Gasteiger partial charge >= 0.3 is 0 Å². The van der Waals surface area contributed by atoms with Crippen molar-refractivity contribution >= 4 is 69.4 Å². The quantitative estimate of drug-likeness (QED) is 0.171. The van der Waals surface area contributed by atoms with Gasteiger partial charge in [-0.25, -0.2) is 4.99 Å². The Bertz CT molecular complexity index is 1660. The van der Waals surface area contributed by atoms with Crippen LogP contribution in [0.1, 0.15) is 16.7 Å². The van der Waals surface area contributed by atoms with Gasteiger partial charge in [0.2, 0.25) is 0 Å². The van der Waals surface area contributed by atoms with Gasteiger partial charge in [0.15, 0.2) is 16.7 Å². The molecule has 0 aromatic heterocycles. The van der Waals surface area contributed by atoms with E-state index >= 15 is 0 Å². The first-order chi connectivity index (χ1) is 20.3. The summed E-state index contributed by atoms with van der Waals surface area (Å²) in [4.78, 5) is 20.6. The number of hydrogen-bond donors (Lipinski definition) is 0. The van der Waals surface area contributed by atoms with Gasteiger partial charge in [-0.15, -0.1) is 0 Å². The van der Waals surface area contributed by atoms with Gasteiger partial charge < -0.3 is 14.2 Å². The average molecular weight is 640 g/mol. The van der Waals surface area contributed by atoms with E-state index in [0.29, 0.717) is 48.7 Å². The molecule has 0 atom stereocenters. The summed E-state index contributed by atoms with van der Waals surface area (Å²) in [5.41, 5.74) is 3.12. The van der Waals surface area contributed by atoms with E-state index in [-0.39, 0.29) is 12.5 Å². The van der Waals surface area contributed by atoms with Gasteiger partial charge in [-0.3, -0.25) is 9.69 Å². The third-order valence-electron chi connectivity index (χ3n) is 6.31. The van der Waals surface area contributed by atoms with E-state index in [9.17, 15) is 4.79 Å². The molecule has 6 nitrogen and oxygen atoms in total. The highest BCUT2D eigenvalue weighted by molar-refractivity contribution is 8.18. The number of carbonyl (C=O) groups excluding carboxylic acids is 1. The lowest BCUT2D eigenvalue weighted by molar-refractivity contribution is -0.122. The van der Waals surface area contributed by atoms with Crippen molar-refractivity contribution in [2.45, 2.75) is 13.2 Å². The predicted molar refractivity (Wildman–Crippen MR) is 171 cm³/mol. The highest BCUT2D eigenvalue weighted by atomic mass is 35.5. The van der Waals surface area contributed by atoms with E-state index in [1.54, 1.807) is 48.4 Å². The molecule has 1 amide bonds. The number of rotatable bonds is 9. The summed E-state index contributed by atoms with van der Waals surface area (Å²) in [6, 6.07) is 25.8. The van der Waals surface area contributed by atoms with Crippen molar-refractivity contribution in [3.8, 4) is 17.2 Å². The van der Waals surface area contributed by atoms with Gasteiger partial charge in [-0.1, -0.05) is 71.2 Å². The average Bonchev–Trinajstić information content (AvgIpc) is 3.26. The van der Waals surface area contributed by atoms with E-state index in [2.05, 4.69) is 0 Å². The predicted octanol–water partition coefficient (Wildman–Crippen LogP) is 9.05. The minimum Gasteiger partial charge on any atom is -0.497 e. The second-order valence-electron chi connectivity index (χ2n) is 9.14. The van der Waals surface area contributed by atoms with Crippen LogP contribution in [0.5, 0.6) is 17.2 Å². The van der Waals surface area contributed by atoms with Crippen molar-refractivity contribution < 1.29 is 19.0 Å². The van der Waals surface area contributed by atoms with Crippen LogP contribution in [0.15, 0.2) is 94.8 Å². The van der Waals surface area contributed by atoms with Crippen LogP contribution in [0.2, 0.25) is 15.1 Å². The number of thioether (sulfide) groups is 1. The van der Waals surface area contributed by atoms with Crippen LogP contribution < -0.4 is 14.2 Å². The maximum Gasteiger partial charge on any atom is 0.267 e. The highest BCUT2D eigenvalue weighted by Gasteiger charge is 2.33. The molecule has 0 radical (unpaired) electrons. The molecule has 0 unspecified atom stereocenters. The van der Waals surface area contributed by atoms with Gasteiger partial charge in [0.05, 0.1) is 36.4 Å². The summed E-state index contributed by atoms with van der Waals surface area (Å²) in [5.74, 6) is 1.36. The first kappa shape index (κ1) is 29.9. The highest BCUT2D eigenvalue weighted by Crippen LogP contribution is 2.40. The monoisotopic (exact) mass is 638 g/mol. The Kier molecular flexibility index (Phi) is 9.65. The molecule has 1 aliphatic heterocycles. The summed E-state index contributed by atoms with van der Waals surface area (Å²) in [5, 5.41) is 1.93. The Labute approximate surface area is 263 Å². The van der Waals surface area contributed by atoms with Gasteiger partial charge in [-0.05, 0) is 77.5 Å². The fraction of sp³-hybridized carbons (Fsp3) is 0.125. The van der Waals surface area contributed by atoms with Crippen molar-refractivity contribution in [2.24, 2.45) is 4.99 Å². The van der Waals surface area contributed by atoms with Crippen LogP contribution in [-0.2, 0) is 17.9 Å². The Morgan fingerprint density at radius 1 is 0.881 bits per heavy atom. The van der Waals surface area contributed by atoms with Crippen LogP contribution in [0.25, 0.3) is 6.08 Å². The normalized spacial score (nSPS) is 15.0. The molecule has 4 aromatic carbocycles. The number of benzene rings is 4. The number of ether oxygens (including phenoxy) is 3. The van der Waals surface area contributed by atoms with Crippen LogP contribution in [0, 0.1) is 0 Å². The molecule has 4 aromatic rings. The van der Waals surface area contributed by atoms with Gasteiger partial charge in [0.25, 0.3) is 5.91 Å². The second kappa shape index (κ2) is 13.6. The fourth-order valence-corrected chi connectivity index (χ4v) is 5.90. The van der Waals surface area contributed by atoms with E-state index in [4.69, 9.17) is 54.0 Å². The smallest absolute Gasteiger partial charge is 0.267 e. The number of hydrogen-bond acceptors (Lipinski definition) is 6. The molecular weight excluding hydrogens is 615 g/mol. The van der Waals surface area contributed by atoms with E-state index in [0.717, 1.165) is 22.6 Å². The van der Waals surface area contributed by atoms with E-state index < -0.39 is 0 Å². The Hall–Kier alpha value is -3.62. The number of carbonyl (C=O) groups is 1. The molecule has 1 aliphatic rings. The maximum absolute atomic E-state index is 13.7. The van der Waals surface area contributed by atoms with Crippen LogP contribution in [0.4, 0.5) is 5.69 Å². The van der Waals surface area contributed by atoms with E-state index in [1.807, 2.05) is 54.6 Å².